The number of nitrogen functional groups attached to an aromatic ring is 1. The summed E-state index contributed by atoms with van der Waals surface area (Å²) in [6.45, 7) is 3.89. The van der Waals surface area contributed by atoms with Crippen molar-refractivity contribution in [1.29, 1.82) is 0 Å². The number of hydrogen-bond donors (Lipinski definition) is 2. The molecule has 0 radical (unpaired) electrons. The first-order chi connectivity index (χ1) is 8.24. The lowest BCUT2D eigenvalue weighted by molar-refractivity contribution is 0.0912. The maximum Gasteiger partial charge on any atom is 0.251 e. The number of anilines is 1. The van der Waals surface area contributed by atoms with Crippen LogP contribution in [0.1, 0.15) is 30.1 Å². The molecule has 0 saturated heterocycles. The first-order valence-electron chi connectivity index (χ1n) is 5.81. The van der Waals surface area contributed by atoms with E-state index in [0.717, 1.165) is 19.4 Å². The molecule has 0 bridgehead atoms. The van der Waals surface area contributed by atoms with Crippen molar-refractivity contribution in [2.24, 2.45) is 0 Å². The van der Waals surface area contributed by atoms with Gasteiger partial charge in [-0.2, -0.15) is 0 Å². The van der Waals surface area contributed by atoms with Crippen molar-refractivity contribution in [3.8, 4) is 0 Å². The first-order valence-corrected chi connectivity index (χ1v) is 5.81. The Balaban J connectivity index is 2.21. The standard InChI is InChI=1S/C12H19N3O2/c1-2-3-7-17-8-6-15-12(16)10-4-5-14-11(13)9-10/h4-5,9H,2-3,6-8H2,1H3,(H2,13,14)(H,15,16). The number of nitrogens with one attached hydrogen (secondary N) is 1. The third-order valence-corrected chi connectivity index (χ3v) is 2.22. The molecule has 1 aromatic heterocycles. The van der Waals surface area contributed by atoms with Gasteiger partial charge in [0.05, 0.1) is 6.61 Å². The zero-order valence-corrected chi connectivity index (χ0v) is 10.1. The lowest BCUT2D eigenvalue weighted by Crippen LogP contribution is -2.27. The molecule has 0 saturated carbocycles. The molecule has 0 spiro atoms. The molecule has 1 aromatic rings. The zero-order valence-electron chi connectivity index (χ0n) is 10.1. The van der Waals surface area contributed by atoms with E-state index >= 15 is 0 Å². The van der Waals surface area contributed by atoms with E-state index in [-0.39, 0.29) is 5.91 Å². The van der Waals surface area contributed by atoms with Gasteiger partial charge in [0.2, 0.25) is 0 Å². The van der Waals surface area contributed by atoms with Crippen molar-refractivity contribution >= 4 is 11.7 Å². The van der Waals surface area contributed by atoms with Crippen molar-refractivity contribution in [3.63, 3.8) is 0 Å². The van der Waals surface area contributed by atoms with Crippen LogP contribution in [0.3, 0.4) is 0 Å². The van der Waals surface area contributed by atoms with Gasteiger partial charge in [-0.1, -0.05) is 13.3 Å². The fourth-order valence-corrected chi connectivity index (χ4v) is 1.28. The number of hydrogen-bond acceptors (Lipinski definition) is 4. The van der Waals surface area contributed by atoms with Gasteiger partial charge in [0, 0.05) is 24.9 Å². The van der Waals surface area contributed by atoms with Crippen molar-refractivity contribution in [3.05, 3.63) is 23.9 Å². The normalized spacial score (nSPS) is 10.2. The van der Waals surface area contributed by atoms with Crippen LogP contribution in [0.5, 0.6) is 0 Å². The average molecular weight is 237 g/mol. The van der Waals surface area contributed by atoms with Crippen molar-refractivity contribution in [1.82, 2.24) is 10.3 Å². The Labute approximate surface area is 101 Å². The van der Waals surface area contributed by atoms with Crippen LogP contribution in [0, 0.1) is 0 Å². The van der Waals surface area contributed by atoms with Gasteiger partial charge in [0.25, 0.3) is 5.91 Å². The van der Waals surface area contributed by atoms with E-state index in [0.29, 0.717) is 24.5 Å². The summed E-state index contributed by atoms with van der Waals surface area (Å²) in [5, 5.41) is 2.76. The largest absolute Gasteiger partial charge is 0.384 e. The lowest BCUT2D eigenvalue weighted by Gasteiger charge is -2.06. The molecule has 94 valence electrons. The Morgan fingerprint density at radius 2 is 2.35 bits per heavy atom. The minimum absolute atomic E-state index is 0.154. The number of pyridine rings is 1. The van der Waals surface area contributed by atoms with Crippen LogP contribution in [0.2, 0.25) is 0 Å². The predicted molar refractivity (Wildman–Crippen MR) is 66.7 cm³/mol. The van der Waals surface area contributed by atoms with Crippen molar-refractivity contribution in [2.45, 2.75) is 19.8 Å². The number of nitrogens with zero attached hydrogens (tertiary/aromatic N) is 1. The number of ether oxygens (including phenoxy) is 1. The zero-order chi connectivity index (χ0) is 12.5. The molecule has 1 amide bonds. The van der Waals surface area contributed by atoms with Crippen LogP contribution in [-0.2, 0) is 4.74 Å². The van der Waals surface area contributed by atoms with Gasteiger partial charge < -0.3 is 15.8 Å². The molecule has 0 aliphatic carbocycles. The summed E-state index contributed by atoms with van der Waals surface area (Å²) < 4.78 is 5.33. The van der Waals surface area contributed by atoms with Gasteiger partial charge in [-0.15, -0.1) is 0 Å². The maximum absolute atomic E-state index is 11.6. The third kappa shape index (κ3) is 5.31. The molecule has 0 fully saturated rings. The van der Waals surface area contributed by atoms with Gasteiger partial charge in [-0.05, 0) is 18.6 Å². The Morgan fingerprint density at radius 1 is 1.53 bits per heavy atom. The molecule has 5 heteroatoms. The second kappa shape index (κ2) is 7.62. The molecular formula is C12H19N3O2. The van der Waals surface area contributed by atoms with Crippen LogP contribution >= 0.6 is 0 Å². The van der Waals surface area contributed by atoms with Crippen LogP contribution < -0.4 is 11.1 Å². The van der Waals surface area contributed by atoms with E-state index in [1.165, 1.54) is 6.20 Å². The highest BCUT2D eigenvalue weighted by molar-refractivity contribution is 5.94. The molecule has 0 aliphatic rings. The second-order valence-electron chi connectivity index (χ2n) is 3.69. The van der Waals surface area contributed by atoms with Crippen molar-refractivity contribution < 1.29 is 9.53 Å². The van der Waals surface area contributed by atoms with Gasteiger partial charge >= 0.3 is 0 Å². The number of unbranched alkanes of at least 4 members (excludes halogenated alkanes) is 1. The van der Waals surface area contributed by atoms with Crippen LogP contribution in [0.4, 0.5) is 5.82 Å². The fraction of sp³-hybridized carbons (Fsp3) is 0.500. The fourth-order valence-electron chi connectivity index (χ4n) is 1.28. The van der Waals surface area contributed by atoms with Gasteiger partial charge in [-0.25, -0.2) is 4.98 Å². The predicted octanol–water partition coefficient (Wildman–Crippen LogP) is 1.21. The summed E-state index contributed by atoms with van der Waals surface area (Å²) in [7, 11) is 0. The van der Waals surface area contributed by atoms with Crippen LogP contribution in [0.25, 0.3) is 0 Å². The minimum Gasteiger partial charge on any atom is -0.384 e. The Bertz CT molecular complexity index is 355. The monoisotopic (exact) mass is 237 g/mol. The Morgan fingerprint density at radius 3 is 3.06 bits per heavy atom. The first kappa shape index (κ1) is 13.4. The molecule has 1 rings (SSSR count). The maximum atomic E-state index is 11.6. The smallest absolute Gasteiger partial charge is 0.251 e. The summed E-state index contributed by atoms with van der Waals surface area (Å²) in [5.74, 6) is 0.190. The van der Waals surface area contributed by atoms with Crippen LogP contribution in [0.15, 0.2) is 18.3 Å². The average Bonchev–Trinajstić information content (AvgIpc) is 2.33. The topological polar surface area (TPSA) is 77.2 Å². The summed E-state index contributed by atoms with van der Waals surface area (Å²) in [6.07, 6.45) is 3.68. The number of carbonyl (C=O) groups is 1. The number of aromatic nitrogens is 1. The number of nitrogens with two attached hydrogens (primary N) is 1. The lowest BCUT2D eigenvalue weighted by atomic mass is 10.2. The van der Waals surface area contributed by atoms with E-state index in [1.807, 2.05) is 0 Å². The van der Waals surface area contributed by atoms with E-state index in [2.05, 4.69) is 17.2 Å². The molecule has 1 heterocycles. The summed E-state index contributed by atoms with van der Waals surface area (Å²) >= 11 is 0. The van der Waals surface area contributed by atoms with Gasteiger partial charge in [0.1, 0.15) is 5.82 Å². The highest BCUT2D eigenvalue weighted by atomic mass is 16.5. The summed E-state index contributed by atoms with van der Waals surface area (Å²) in [6, 6.07) is 3.18. The second-order valence-corrected chi connectivity index (χ2v) is 3.69. The van der Waals surface area contributed by atoms with Crippen molar-refractivity contribution in [2.75, 3.05) is 25.5 Å². The highest BCUT2D eigenvalue weighted by Crippen LogP contribution is 2.02. The van der Waals surface area contributed by atoms with Crippen LogP contribution in [-0.4, -0.2) is 30.6 Å². The Hall–Kier alpha value is -1.62. The summed E-state index contributed by atoms with van der Waals surface area (Å²) in [5.41, 5.74) is 6.01. The summed E-state index contributed by atoms with van der Waals surface area (Å²) in [4.78, 5) is 15.5. The number of rotatable bonds is 7. The molecular weight excluding hydrogens is 218 g/mol. The molecule has 0 unspecified atom stereocenters. The molecule has 0 aliphatic heterocycles. The van der Waals surface area contributed by atoms with E-state index < -0.39 is 0 Å². The molecule has 0 atom stereocenters. The van der Waals surface area contributed by atoms with E-state index in [4.69, 9.17) is 10.5 Å². The van der Waals surface area contributed by atoms with E-state index in [9.17, 15) is 4.79 Å². The van der Waals surface area contributed by atoms with Gasteiger partial charge in [0.15, 0.2) is 0 Å². The molecule has 0 aromatic carbocycles. The number of carbonyl (C=O) groups excluding carboxylic acids is 1. The quantitative estimate of drug-likeness (QED) is 0.699. The molecule has 17 heavy (non-hydrogen) atoms. The molecule has 3 N–H and O–H groups in total. The SMILES string of the molecule is CCCCOCCNC(=O)c1ccnc(N)c1. The molecule has 5 nitrogen and oxygen atoms in total. The van der Waals surface area contributed by atoms with Gasteiger partial charge in [-0.3, -0.25) is 4.79 Å². The highest BCUT2D eigenvalue weighted by Gasteiger charge is 2.04. The minimum atomic E-state index is -0.154. The third-order valence-electron chi connectivity index (χ3n) is 2.22. The van der Waals surface area contributed by atoms with E-state index in [1.54, 1.807) is 12.1 Å². The number of amides is 1. The Kier molecular flexibility index (Phi) is 6.03.